The lowest BCUT2D eigenvalue weighted by Crippen LogP contribution is -2.30. The molecule has 0 aliphatic carbocycles. The van der Waals surface area contributed by atoms with E-state index in [-0.39, 0.29) is 17.3 Å². The van der Waals surface area contributed by atoms with Gasteiger partial charge >= 0.3 is 0 Å². The van der Waals surface area contributed by atoms with Crippen molar-refractivity contribution in [3.63, 3.8) is 0 Å². The summed E-state index contributed by atoms with van der Waals surface area (Å²) in [5.74, 6) is -0.136. The molecule has 1 amide bonds. The van der Waals surface area contributed by atoms with Gasteiger partial charge in [-0.25, -0.2) is 12.7 Å². The summed E-state index contributed by atoms with van der Waals surface area (Å²) in [6.45, 7) is 3.48. The van der Waals surface area contributed by atoms with E-state index in [0.717, 1.165) is 12.8 Å². The summed E-state index contributed by atoms with van der Waals surface area (Å²) in [5, 5.41) is 6.88. The molecule has 27 heavy (non-hydrogen) atoms. The molecule has 0 saturated carbocycles. The number of benzene rings is 1. The summed E-state index contributed by atoms with van der Waals surface area (Å²) in [6.07, 6.45) is 1.76. The summed E-state index contributed by atoms with van der Waals surface area (Å²) >= 11 is 1.63. The fourth-order valence-corrected chi connectivity index (χ4v) is 4.46. The van der Waals surface area contributed by atoms with Gasteiger partial charge in [0, 0.05) is 25.8 Å². The van der Waals surface area contributed by atoms with Crippen molar-refractivity contribution in [1.29, 1.82) is 0 Å². The highest BCUT2D eigenvalue weighted by Crippen LogP contribution is 2.18. The second-order valence-corrected chi connectivity index (χ2v) is 9.38. The molecule has 0 saturated heterocycles. The van der Waals surface area contributed by atoms with E-state index in [1.165, 1.54) is 22.0 Å². The van der Waals surface area contributed by atoms with Crippen LogP contribution in [0.4, 0.5) is 5.69 Å². The van der Waals surface area contributed by atoms with Crippen LogP contribution in [0.1, 0.15) is 25.3 Å². The van der Waals surface area contributed by atoms with Gasteiger partial charge in [-0.2, -0.15) is 11.3 Å². The van der Waals surface area contributed by atoms with E-state index in [2.05, 4.69) is 10.7 Å². The summed E-state index contributed by atoms with van der Waals surface area (Å²) < 4.78 is 26.4. The molecule has 6 nitrogen and oxygen atoms in total. The highest BCUT2D eigenvalue weighted by atomic mass is 32.2. The molecular weight excluding hydrogens is 382 g/mol. The van der Waals surface area contributed by atoms with E-state index in [0.29, 0.717) is 18.8 Å². The van der Waals surface area contributed by atoms with Gasteiger partial charge in [-0.1, -0.05) is 13.3 Å². The lowest BCUT2D eigenvalue weighted by molar-refractivity contribution is -0.117. The molecule has 148 valence electrons. The molecule has 1 N–H and O–H groups in total. The summed E-state index contributed by atoms with van der Waals surface area (Å²) in [4.78, 5) is 14.3. The van der Waals surface area contributed by atoms with Crippen LogP contribution >= 0.6 is 11.3 Å². The highest BCUT2D eigenvalue weighted by Gasteiger charge is 2.20. The maximum Gasteiger partial charge on any atom is 0.242 e. The predicted octanol–water partition coefficient (Wildman–Crippen LogP) is 3.24. The maximum absolute atomic E-state index is 12.5. The van der Waals surface area contributed by atoms with Gasteiger partial charge in [0.1, 0.15) is 0 Å². The van der Waals surface area contributed by atoms with E-state index >= 15 is 0 Å². The Labute approximate surface area is 165 Å². The molecule has 0 bridgehead atoms. The molecule has 0 aliphatic rings. The predicted molar refractivity (Wildman–Crippen MR) is 110 cm³/mol. The van der Waals surface area contributed by atoms with Gasteiger partial charge in [-0.05, 0) is 60.1 Å². The summed E-state index contributed by atoms with van der Waals surface area (Å²) in [6, 6.07) is 8.34. The van der Waals surface area contributed by atoms with E-state index in [9.17, 15) is 13.2 Å². The van der Waals surface area contributed by atoms with E-state index in [1.54, 1.807) is 30.5 Å². The van der Waals surface area contributed by atoms with Crippen molar-refractivity contribution < 1.29 is 13.2 Å². The van der Waals surface area contributed by atoms with Crippen LogP contribution < -0.4 is 5.32 Å². The van der Waals surface area contributed by atoms with Gasteiger partial charge in [0.15, 0.2) is 0 Å². The van der Waals surface area contributed by atoms with Crippen LogP contribution in [0.3, 0.4) is 0 Å². The van der Waals surface area contributed by atoms with Crippen molar-refractivity contribution in [1.82, 2.24) is 9.21 Å². The number of carbonyl (C=O) groups excluding carboxylic acids is 1. The number of amides is 1. The lowest BCUT2D eigenvalue weighted by atomic mass is 10.3. The number of unbranched alkanes of at least 4 members (excludes halogenated alkanes) is 1. The molecule has 8 heteroatoms. The van der Waals surface area contributed by atoms with Crippen LogP contribution in [0.15, 0.2) is 46.0 Å². The Balaban J connectivity index is 1.91. The molecule has 2 rings (SSSR count). The van der Waals surface area contributed by atoms with Crippen molar-refractivity contribution >= 4 is 33.0 Å². The fraction of sp³-hybridized carbons (Fsp3) is 0.421. The molecule has 1 aromatic carbocycles. The first-order valence-corrected chi connectivity index (χ1v) is 11.3. The first-order valence-electron chi connectivity index (χ1n) is 8.88. The average Bonchev–Trinajstić information content (AvgIpc) is 3.12. The first kappa shape index (κ1) is 21.6. The Morgan fingerprint density at radius 1 is 1.15 bits per heavy atom. The standard InChI is InChI=1S/C19H27N3O3S2/c1-4-5-11-22(3)27(24,25)18-8-6-17(7-9-18)20-19(23)14-21(2)13-16-10-12-26-15-16/h6-10,12,15H,4-5,11,13-14H2,1-3H3,(H,20,23). The van der Waals surface area contributed by atoms with Gasteiger partial charge < -0.3 is 5.32 Å². The number of sulfonamides is 1. The quantitative estimate of drug-likeness (QED) is 0.654. The molecule has 2 aromatic rings. The molecule has 0 fully saturated rings. The van der Waals surface area contributed by atoms with E-state index < -0.39 is 10.0 Å². The lowest BCUT2D eigenvalue weighted by Gasteiger charge is -2.17. The zero-order chi connectivity index (χ0) is 19.9. The molecule has 1 heterocycles. The summed E-state index contributed by atoms with van der Waals surface area (Å²) in [7, 11) is -0.0159. The van der Waals surface area contributed by atoms with Crippen molar-refractivity contribution in [3.05, 3.63) is 46.7 Å². The number of nitrogens with one attached hydrogen (secondary N) is 1. The average molecular weight is 410 g/mol. The third-order valence-corrected chi connectivity index (χ3v) is 6.72. The Kier molecular flexibility index (Phi) is 7.97. The monoisotopic (exact) mass is 409 g/mol. The van der Waals surface area contributed by atoms with Gasteiger partial charge in [0.05, 0.1) is 11.4 Å². The normalized spacial score (nSPS) is 11.9. The molecular formula is C19H27N3O3S2. The van der Waals surface area contributed by atoms with Crippen LogP contribution in [-0.4, -0.2) is 50.7 Å². The molecule has 0 radical (unpaired) electrons. The number of hydrogen-bond donors (Lipinski definition) is 1. The topological polar surface area (TPSA) is 69.7 Å². The largest absolute Gasteiger partial charge is 0.325 e. The van der Waals surface area contributed by atoms with Crippen LogP contribution in [-0.2, 0) is 21.4 Å². The number of thiophene rings is 1. The van der Waals surface area contributed by atoms with Gasteiger partial charge in [-0.15, -0.1) is 0 Å². The zero-order valence-electron chi connectivity index (χ0n) is 16.0. The number of likely N-dealkylation sites (N-methyl/N-ethyl adjacent to an activating group) is 1. The smallest absolute Gasteiger partial charge is 0.242 e. The fourth-order valence-electron chi connectivity index (χ4n) is 2.59. The van der Waals surface area contributed by atoms with Gasteiger partial charge in [-0.3, -0.25) is 9.69 Å². The maximum atomic E-state index is 12.5. The zero-order valence-corrected chi connectivity index (χ0v) is 17.6. The Hall–Kier alpha value is -1.74. The van der Waals surface area contributed by atoms with Crippen LogP contribution in [0.5, 0.6) is 0 Å². The third-order valence-electron chi connectivity index (χ3n) is 4.12. The second-order valence-electron chi connectivity index (χ2n) is 6.56. The van der Waals surface area contributed by atoms with Crippen LogP contribution in [0.25, 0.3) is 0 Å². The summed E-state index contributed by atoms with van der Waals surface area (Å²) in [5.41, 5.74) is 1.76. The molecule has 0 unspecified atom stereocenters. The van der Waals surface area contributed by atoms with E-state index in [4.69, 9.17) is 0 Å². The molecule has 0 atom stereocenters. The first-order chi connectivity index (χ1) is 12.8. The SMILES string of the molecule is CCCCN(C)S(=O)(=O)c1ccc(NC(=O)CN(C)Cc2ccsc2)cc1. The van der Waals surface area contributed by atoms with Crippen molar-refractivity contribution in [2.75, 3.05) is 32.5 Å². The number of rotatable bonds is 10. The van der Waals surface area contributed by atoms with Gasteiger partial charge in [0.2, 0.25) is 15.9 Å². The van der Waals surface area contributed by atoms with Crippen molar-refractivity contribution in [2.24, 2.45) is 0 Å². The van der Waals surface area contributed by atoms with Crippen molar-refractivity contribution in [3.8, 4) is 0 Å². The Bertz CT molecular complexity index is 818. The number of nitrogens with zero attached hydrogens (tertiary/aromatic N) is 2. The Morgan fingerprint density at radius 2 is 1.85 bits per heavy atom. The second kappa shape index (κ2) is 9.98. The minimum Gasteiger partial charge on any atom is -0.325 e. The molecule has 0 spiro atoms. The Morgan fingerprint density at radius 3 is 2.44 bits per heavy atom. The molecule has 1 aromatic heterocycles. The number of anilines is 1. The van der Waals surface area contributed by atoms with Gasteiger partial charge in [0.25, 0.3) is 0 Å². The van der Waals surface area contributed by atoms with Crippen LogP contribution in [0.2, 0.25) is 0 Å². The minimum atomic E-state index is -3.49. The number of carbonyl (C=O) groups is 1. The third kappa shape index (κ3) is 6.42. The van der Waals surface area contributed by atoms with Crippen LogP contribution in [0, 0.1) is 0 Å². The minimum absolute atomic E-state index is 0.136. The molecule has 0 aliphatic heterocycles. The number of hydrogen-bond acceptors (Lipinski definition) is 5. The highest BCUT2D eigenvalue weighted by molar-refractivity contribution is 7.89. The van der Waals surface area contributed by atoms with Crippen molar-refractivity contribution in [2.45, 2.75) is 31.2 Å². The van der Waals surface area contributed by atoms with E-state index in [1.807, 2.05) is 30.3 Å².